The molecule has 2 rings (SSSR count). The molecular weight excluding hydrogens is 250 g/mol. The molecule has 0 aliphatic heterocycles. The SMILES string of the molecule is O=C(CCc1cccs1)NCC1(C(=O)O)CCC1. The molecular formula is C13H17NO3S. The van der Waals surface area contributed by atoms with E-state index in [1.54, 1.807) is 11.3 Å². The molecule has 0 bridgehead atoms. The van der Waals surface area contributed by atoms with Crippen LogP contribution in [0.3, 0.4) is 0 Å². The highest BCUT2D eigenvalue weighted by molar-refractivity contribution is 7.09. The smallest absolute Gasteiger partial charge is 0.311 e. The zero-order valence-electron chi connectivity index (χ0n) is 10.1. The van der Waals surface area contributed by atoms with Crippen LogP contribution in [-0.2, 0) is 16.0 Å². The Morgan fingerprint density at radius 1 is 1.44 bits per heavy atom. The number of hydrogen-bond donors (Lipinski definition) is 2. The first-order valence-corrected chi connectivity index (χ1v) is 7.03. The van der Waals surface area contributed by atoms with Gasteiger partial charge in [0.2, 0.25) is 5.91 Å². The highest BCUT2D eigenvalue weighted by Crippen LogP contribution is 2.40. The first kappa shape index (κ1) is 13.1. The van der Waals surface area contributed by atoms with Crippen LogP contribution in [0.1, 0.15) is 30.6 Å². The number of carboxylic acids is 1. The van der Waals surface area contributed by atoms with Crippen LogP contribution in [0.15, 0.2) is 17.5 Å². The van der Waals surface area contributed by atoms with Crippen LogP contribution in [0.4, 0.5) is 0 Å². The third-order valence-corrected chi connectivity index (χ3v) is 4.50. The maximum atomic E-state index is 11.6. The number of carboxylic acid groups (broad SMARTS) is 1. The Balaban J connectivity index is 1.73. The van der Waals surface area contributed by atoms with Crippen LogP contribution in [0, 0.1) is 5.41 Å². The van der Waals surface area contributed by atoms with Crippen molar-refractivity contribution in [3.05, 3.63) is 22.4 Å². The Morgan fingerprint density at radius 2 is 2.22 bits per heavy atom. The van der Waals surface area contributed by atoms with E-state index < -0.39 is 11.4 Å². The van der Waals surface area contributed by atoms with E-state index in [0.29, 0.717) is 19.3 Å². The maximum absolute atomic E-state index is 11.6. The average Bonchev–Trinajstić information content (AvgIpc) is 2.77. The van der Waals surface area contributed by atoms with E-state index in [4.69, 9.17) is 5.11 Å². The van der Waals surface area contributed by atoms with Gasteiger partial charge in [0.25, 0.3) is 0 Å². The van der Waals surface area contributed by atoms with Gasteiger partial charge in [0.05, 0.1) is 5.41 Å². The van der Waals surface area contributed by atoms with E-state index in [2.05, 4.69) is 5.32 Å². The number of hydrogen-bond acceptors (Lipinski definition) is 3. The molecule has 0 unspecified atom stereocenters. The molecule has 0 spiro atoms. The Hall–Kier alpha value is -1.36. The largest absolute Gasteiger partial charge is 0.481 e. The van der Waals surface area contributed by atoms with Crippen molar-refractivity contribution < 1.29 is 14.7 Å². The van der Waals surface area contributed by atoms with Gasteiger partial charge in [-0.1, -0.05) is 12.5 Å². The lowest BCUT2D eigenvalue weighted by molar-refractivity contribution is -0.154. The fourth-order valence-electron chi connectivity index (χ4n) is 2.12. The van der Waals surface area contributed by atoms with Gasteiger partial charge >= 0.3 is 5.97 Å². The minimum Gasteiger partial charge on any atom is -0.481 e. The van der Waals surface area contributed by atoms with Crippen LogP contribution in [0.2, 0.25) is 0 Å². The van der Waals surface area contributed by atoms with E-state index in [9.17, 15) is 9.59 Å². The summed E-state index contributed by atoms with van der Waals surface area (Å²) in [4.78, 5) is 23.9. The molecule has 1 saturated carbocycles. The predicted octanol–water partition coefficient (Wildman–Crippen LogP) is 2.05. The Labute approximate surface area is 110 Å². The van der Waals surface area contributed by atoms with Gasteiger partial charge in [0, 0.05) is 17.8 Å². The van der Waals surface area contributed by atoms with E-state index in [1.165, 1.54) is 4.88 Å². The van der Waals surface area contributed by atoms with Crippen molar-refractivity contribution in [3.63, 3.8) is 0 Å². The lowest BCUT2D eigenvalue weighted by atomic mass is 9.69. The standard InChI is InChI=1S/C13H17NO3S/c15-11(5-4-10-3-1-8-18-10)14-9-13(12(16)17)6-2-7-13/h1,3,8H,2,4-7,9H2,(H,14,15)(H,16,17). The van der Waals surface area contributed by atoms with Crippen molar-refractivity contribution in [1.29, 1.82) is 0 Å². The molecule has 98 valence electrons. The molecule has 18 heavy (non-hydrogen) atoms. The monoisotopic (exact) mass is 267 g/mol. The number of thiophene rings is 1. The molecule has 1 amide bonds. The van der Waals surface area contributed by atoms with Gasteiger partial charge in [-0.3, -0.25) is 9.59 Å². The van der Waals surface area contributed by atoms with Gasteiger partial charge in [-0.15, -0.1) is 11.3 Å². The number of carbonyl (C=O) groups excluding carboxylic acids is 1. The Bertz CT molecular complexity index is 423. The number of carbonyl (C=O) groups is 2. The van der Waals surface area contributed by atoms with Crippen molar-refractivity contribution in [2.75, 3.05) is 6.54 Å². The van der Waals surface area contributed by atoms with Crippen LogP contribution < -0.4 is 5.32 Å². The molecule has 1 aliphatic carbocycles. The molecule has 1 fully saturated rings. The first-order chi connectivity index (χ1) is 8.62. The Kier molecular flexibility index (Phi) is 4.01. The number of rotatable bonds is 6. The van der Waals surface area contributed by atoms with Crippen LogP contribution in [0.25, 0.3) is 0 Å². The predicted molar refractivity (Wildman–Crippen MR) is 69.6 cm³/mol. The zero-order chi connectivity index (χ0) is 13.0. The number of amides is 1. The summed E-state index contributed by atoms with van der Waals surface area (Å²) < 4.78 is 0. The van der Waals surface area contributed by atoms with E-state index in [0.717, 1.165) is 12.8 Å². The van der Waals surface area contributed by atoms with Crippen molar-refractivity contribution in [2.45, 2.75) is 32.1 Å². The summed E-state index contributed by atoms with van der Waals surface area (Å²) in [6, 6.07) is 3.97. The van der Waals surface area contributed by atoms with Crippen molar-refractivity contribution in [1.82, 2.24) is 5.32 Å². The molecule has 5 heteroatoms. The van der Waals surface area contributed by atoms with E-state index in [-0.39, 0.29) is 12.5 Å². The second-order valence-electron chi connectivity index (χ2n) is 4.80. The third kappa shape index (κ3) is 2.90. The summed E-state index contributed by atoms with van der Waals surface area (Å²) in [5, 5.41) is 13.9. The second kappa shape index (κ2) is 5.52. The second-order valence-corrected chi connectivity index (χ2v) is 5.83. The lowest BCUT2D eigenvalue weighted by Gasteiger charge is -2.37. The molecule has 1 aromatic rings. The van der Waals surface area contributed by atoms with Crippen molar-refractivity contribution in [3.8, 4) is 0 Å². The summed E-state index contributed by atoms with van der Waals surface area (Å²) in [6.45, 7) is 0.269. The minimum atomic E-state index is -0.785. The fourth-order valence-corrected chi connectivity index (χ4v) is 2.83. The van der Waals surface area contributed by atoms with Crippen LogP contribution in [0.5, 0.6) is 0 Å². The van der Waals surface area contributed by atoms with Gasteiger partial charge < -0.3 is 10.4 Å². The third-order valence-electron chi connectivity index (χ3n) is 3.57. The summed E-state index contributed by atoms with van der Waals surface area (Å²) in [5.74, 6) is -0.844. The molecule has 1 heterocycles. The average molecular weight is 267 g/mol. The molecule has 0 aromatic carbocycles. The summed E-state index contributed by atoms with van der Waals surface area (Å²) in [6.07, 6.45) is 3.44. The number of aryl methyl sites for hydroxylation is 1. The molecule has 0 radical (unpaired) electrons. The molecule has 0 atom stereocenters. The molecule has 2 N–H and O–H groups in total. The summed E-state index contributed by atoms with van der Waals surface area (Å²) in [7, 11) is 0. The molecule has 1 aliphatic rings. The van der Waals surface area contributed by atoms with E-state index >= 15 is 0 Å². The Morgan fingerprint density at radius 3 is 2.72 bits per heavy atom. The lowest BCUT2D eigenvalue weighted by Crippen LogP contribution is -2.47. The quantitative estimate of drug-likeness (QED) is 0.829. The van der Waals surface area contributed by atoms with Gasteiger partial charge in [-0.05, 0) is 30.7 Å². The van der Waals surface area contributed by atoms with Gasteiger partial charge in [-0.25, -0.2) is 0 Å². The fraction of sp³-hybridized carbons (Fsp3) is 0.538. The van der Waals surface area contributed by atoms with Crippen LogP contribution >= 0.6 is 11.3 Å². The molecule has 1 aromatic heterocycles. The first-order valence-electron chi connectivity index (χ1n) is 6.15. The van der Waals surface area contributed by atoms with Gasteiger partial charge in [0.1, 0.15) is 0 Å². The van der Waals surface area contributed by atoms with E-state index in [1.807, 2.05) is 17.5 Å². The minimum absolute atomic E-state index is 0.0593. The zero-order valence-corrected chi connectivity index (χ0v) is 11.0. The summed E-state index contributed by atoms with van der Waals surface area (Å²) >= 11 is 1.64. The molecule has 0 saturated heterocycles. The van der Waals surface area contributed by atoms with Gasteiger partial charge in [0.15, 0.2) is 0 Å². The topological polar surface area (TPSA) is 66.4 Å². The maximum Gasteiger partial charge on any atom is 0.311 e. The molecule has 4 nitrogen and oxygen atoms in total. The van der Waals surface area contributed by atoms with Crippen LogP contribution in [-0.4, -0.2) is 23.5 Å². The summed E-state index contributed by atoms with van der Waals surface area (Å²) in [5.41, 5.74) is -0.696. The number of nitrogens with one attached hydrogen (secondary N) is 1. The van der Waals surface area contributed by atoms with Gasteiger partial charge in [-0.2, -0.15) is 0 Å². The van der Waals surface area contributed by atoms with Crippen molar-refractivity contribution >= 4 is 23.2 Å². The normalized spacial score (nSPS) is 16.9. The highest BCUT2D eigenvalue weighted by Gasteiger charge is 2.44. The number of aliphatic carboxylic acids is 1. The van der Waals surface area contributed by atoms with Crippen molar-refractivity contribution in [2.24, 2.45) is 5.41 Å². The highest BCUT2D eigenvalue weighted by atomic mass is 32.1.